The van der Waals surface area contributed by atoms with Crippen LogP contribution in [0.25, 0.3) is 0 Å². The zero-order valence-electron chi connectivity index (χ0n) is 5.82. The molecule has 1 aromatic heterocycles. The lowest BCUT2D eigenvalue weighted by molar-refractivity contribution is 0.178. The van der Waals surface area contributed by atoms with Crippen molar-refractivity contribution in [1.82, 2.24) is 20.2 Å². The van der Waals surface area contributed by atoms with E-state index in [9.17, 15) is 0 Å². The van der Waals surface area contributed by atoms with Crippen molar-refractivity contribution >= 4 is 0 Å². The Balaban J connectivity index is 2.42. The Labute approximate surface area is 59.0 Å². The molecule has 0 atom stereocenters. The number of aromatic nitrogens is 4. The first-order valence-electron chi connectivity index (χ1n) is 2.91. The summed E-state index contributed by atoms with van der Waals surface area (Å²) in [7, 11) is 1.63. The highest BCUT2D eigenvalue weighted by atomic mass is 16.5. The monoisotopic (exact) mass is 141 g/mol. The standard InChI is InChI=1S/C5H9N4O/c1-5-6-8-9(7-5)3-4-10-2/h1,3-4H2,2H3. The molecule has 0 amide bonds. The van der Waals surface area contributed by atoms with Crippen LogP contribution in [0.3, 0.4) is 0 Å². The van der Waals surface area contributed by atoms with Crippen molar-refractivity contribution in [3.8, 4) is 0 Å². The lowest BCUT2D eigenvalue weighted by Gasteiger charge is -1.94. The number of hydrogen-bond acceptors (Lipinski definition) is 4. The maximum atomic E-state index is 4.81. The Bertz CT molecular complexity index is 197. The molecule has 1 aromatic rings. The molecule has 55 valence electrons. The van der Waals surface area contributed by atoms with Crippen LogP contribution in [-0.4, -0.2) is 33.9 Å². The van der Waals surface area contributed by atoms with E-state index in [0.717, 1.165) is 0 Å². The van der Waals surface area contributed by atoms with Gasteiger partial charge in [-0.15, -0.1) is 10.2 Å². The molecule has 0 aliphatic rings. The minimum Gasteiger partial charge on any atom is -0.383 e. The lowest BCUT2D eigenvalue weighted by atomic mass is 10.7. The zero-order valence-corrected chi connectivity index (χ0v) is 5.82. The molecule has 0 N–H and O–H groups in total. The van der Waals surface area contributed by atoms with Gasteiger partial charge < -0.3 is 4.74 Å². The van der Waals surface area contributed by atoms with Gasteiger partial charge in [-0.2, -0.15) is 4.80 Å². The summed E-state index contributed by atoms with van der Waals surface area (Å²) in [6.07, 6.45) is 0. The summed E-state index contributed by atoms with van der Waals surface area (Å²) in [6.45, 7) is 4.72. The normalized spacial score (nSPS) is 10.2. The third-order valence-electron chi connectivity index (χ3n) is 0.990. The Kier molecular flexibility index (Phi) is 2.33. The number of rotatable bonds is 3. The first-order valence-corrected chi connectivity index (χ1v) is 2.91. The maximum Gasteiger partial charge on any atom is 0.175 e. The van der Waals surface area contributed by atoms with Crippen LogP contribution in [-0.2, 0) is 11.3 Å². The molecule has 1 radical (unpaired) electrons. The van der Waals surface area contributed by atoms with E-state index in [2.05, 4.69) is 22.3 Å². The van der Waals surface area contributed by atoms with Crippen molar-refractivity contribution in [2.75, 3.05) is 13.7 Å². The van der Waals surface area contributed by atoms with E-state index < -0.39 is 0 Å². The fraction of sp³-hybridized carbons (Fsp3) is 0.600. The van der Waals surface area contributed by atoms with Crippen LogP contribution < -0.4 is 0 Å². The molecule has 5 nitrogen and oxygen atoms in total. The fourth-order valence-corrected chi connectivity index (χ4v) is 0.544. The second-order valence-electron chi connectivity index (χ2n) is 1.79. The first kappa shape index (κ1) is 7.14. The molecule has 0 fully saturated rings. The van der Waals surface area contributed by atoms with Crippen LogP contribution in [0.2, 0.25) is 0 Å². The Morgan fingerprint density at radius 3 is 3.00 bits per heavy atom. The second-order valence-corrected chi connectivity index (χ2v) is 1.79. The van der Waals surface area contributed by atoms with Gasteiger partial charge in [-0.25, -0.2) is 0 Å². The van der Waals surface area contributed by atoms with Gasteiger partial charge in [-0.1, -0.05) is 0 Å². The van der Waals surface area contributed by atoms with Gasteiger partial charge in [-0.05, 0) is 5.21 Å². The molecule has 1 rings (SSSR count). The van der Waals surface area contributed by atoms with Crippen molar-refractivity contribution in [2.24, 2.45) is 0 Å². The van der Waals surface area contributed by atoms with E-state index in [1.165, 1.54) is 4.80 Å². The van der Waals surface area contributed by atoms with Crippen LogP contribution >= 0.6 is 0 Å². The van der Waals surface area contributed by atoms with Gasteiger partial charge in [0.25, 0.3) is 0 Å². The predicted molar refractivity (Wildman–Crippen MR) is 34.2 cm³/mol. The summed E-state index contributed by atoms with van der Waals surface area (Å²) in [5.41, 5.74) is 0. The van der Waals surface area contributed by atoms with Crippen LogP contribution in [0.4, 0.5) is 0 Å². The summed E-state index contributed by atoms with van der Waals surface area (Å²) in [5, 5.41) is 11.1. The van der Waals surface area contributed by atoms with Crippen LogP contribution in [0, 0.1) is 6.92 Å². The Morgan fingerprint density at radius 2 is 2.50 bits per heavy atom. The number of ether oxygens (including phenoxy) is 1. The predicted octanol–water partition coefficient (Wildman–Crippen LogP) is -0.498. The van der Waals surface area contributed by atoms with E-state index in [1.807, 2.05) is 0 Å². The maximum absolute atomic E-state index is 4.81. The SMILES string of the molecule is [CH2]c1nnn(CCOC)n1. The second kappa shape index (κ2) is 3.26. The fourth-order valence-electron chi connectivity index (χ4n) is 0.544. The molecular weight excluding hydrogens is 132 g/mol. The van der Waals surface area contributed by atoms with Crippen LogP contribution in [0.5, 0.6) is 0 Å². The van der Waals surface area contributed by atoms with E-state index in [1.54, 1.807) is 7.11 Å². The number of nitrogens with zero attached hydrogens (tertiary/aromatic N) is 4. The highest BCUT2D eigenvalue weighted by molar-refractivity contribution is 4.79. The van der Waals surface area contributed by atoms with Crippen molar-refractivity contribution in [3.63, 3.8) is 0 Å². The quantitative estimate of drug-likeness (QED) is 0.569. The summed E-state index contributed by atoms with van der Waals surface area (Å²) in [4.78, 5) is 1.45. The van der Waals surface area contributed by atoms with Gasteiger partial charge >= 0.3 is 0 Å². The minimum absolute atomic E-state index is 0.441. The third kappa shape index (κ3) is 1.77. The molecule has 0 aromatic carbocycles. The van der Waals surface area contributed by atoms with E-state index in [4.69, 9.17) is 4.74 Å². The molecule has 0 saturated heterocycles. The molecule has 0 spiro atoms. The largest absolute Gasteiger partial charge is 0.383 e. The third-order valence-corrected chi connectivity index (χ3v) is 0.990. The molecular formula is C5H9N4O. The smallest absolute Gasteiger partial charge is 0.175 e. The van der Waals surface area contributed by atoms with E-state index >= 15 is 0 Å². The van der Waals surface area contributed by atoms with E-state index in [-0.39, 0.29) is 0 Å². The summed E-state index contributed by atoms with van der Waals surface area (Å²) in [5.74, 6) is 0.441. The summed E-state index contributed by atoms with van der Waals surface area (Å²) < 4.78 is 4.81. The van der Waals surface area contributed by atoms with Crippen molar-refractivity contribution in [3.05, 3.63) is 12.7 Å². The molecule has 0 aliphatic heterocycles. The van der Waals surface area contributed by atoms with Gasteiger partial charge in [0, 0.05) is 14.0 Å². The molecule has 0 unspecified atom stereocenters. The van der Waals surface area contributed by atoms with Crippen molar-refractivity contribution in [2.45, 2.75) is 6.54 Å². The molecule has 0 bridgehead atoms. The van der Waals surface area contributed by atoms with Gasteiger partial charge in [0.05, 0.1) is 13.2 Å². The number of hydrogen-bond donors (Lipinski definition) is 0. The molecule has 1 heterocycles. The molecule has 0 saturated carbocycles. The topological polar surface area (TPSA) is 52.8 Å². The van der Waals surface area contributed by atoms with Crippen molar-refractivity contribution in [1.29, 1.82) is 0 Å². The van der Waals surface area contributed by atoms with E-state index in [0.29, 0.717) is 19.0 Å². The summed E-state index contributed by atoms with van der Waals surface area (Å²) in [6, 6.07) is 0. The number of methoxy groups -OCH3 is 1. The average Bonchev–Trinajstić information content (AvgIpc) is 2.31. The van der Waals surface area contributed by atoms with Gasteiger partial charge in [0.2, 0.25) is 0 Å². The first-order chi connectivity index (χ1) is 4.83. The Morgan fingerprint density at radius 1 is 1.70 bits per heavy atom. The molecule has 0 aliphatic carbocycles. The average molecular weight is 141 g/mol. The van der Waals surface area contributed by atoms with Gasteiger partial charge in [0.15, 0.2) is 5.82 Å². The summed E-state index contributed by atoms with van der Waals surface area (Å²) >= 11 is 0. The lowest BCUT2D eigenvalue weighted by Crippen LogP contribution is -2.07. The van der Waals surface area contributed by atoms with Crippen molar-refractivity contribution < 1.29 is 4.74 Å². The Hall–Kier alpha value is -0.970. The van der Waals surface area contributed by atoms with Gasteiger partial charge in [-0.3, -0.25) is 0 Å². The molecule has 10 heavy (non-hydrogen) atoms. The molecule has 5 heteroatoms. The zero-order chi connectivity index (χ0) is 7.40. The van der Waals surface area contributed by atoms with Crippen LogP contribution in [0.1, 0.15) is 5.82 Å². The highest BCUT2D eigenvalue weighted by Crippen LogP contribution is 1.81. The minimum atomic E-state index is 0.441. The van der Waals surface area contributed by atoms with Gasteiger partial charge in [0.1, 0.15) is 0 Å². The number of tetrazole rings is 1. The highest BCUT2D eigenvalue weighted by Gasteiger charge is 1.94. The van der Waals surface area contributed by atoms with Crippen LogP contribution in [0.15, 0.2) is 0 Å².